The van der Waals surface area contributed by atoms with E-state index in [2.05, 4.69) is 221 Å². The molecule has 1 aromatic heterocycles. The van der Waals surface area contributed by atoms with E-state index < -0.39 is 0 Å². The lowest BCUT2D eigenvalue weighted by atomic mass is 9.70. The van der Waals surface area contributed by atoms with Crippen molar-refractivity contribution in [2.75, 3.05) is 4.90 Å². The van der Waals surface area contributed by atoms with Gasteiger partial charge in [0.15, 0.2) is 0 Å². The van der Waals surface area contributed by atoms with Crippen LogP contribution in [0, 0.1) is 13.8 Å². The molecule has 0 saturated carbocycles. The number of aryl methyl sites for hydroxylation is 4. The Bertz CT molecular complexity index is 3410. The number of rotatable bonds is 30. The van der Waals surface area contributed by atoms with E-state index in [1.165, 1.54) is 224 Å². The lowest BCUT2D eigenvalue weighted by Gasteiger charge is -2.33. The maximum Gasteiger partial charge on any atom is 0.0622 e. The molecule has 0 radical (unpaired) electrons. The van der Waals surface area contributed by atoms with Crippen LogP contribution in [0.1, 0.15) is 202 Å². The minimum absolute atomic E-state index is 0.00572. The minimum atomic E-state index is 0.00572. The van der Waals surface area contributed by atoms with Crippen LogP contribution < -0.4 is 4.90 Å². The third-order valence-electron chi connectivity index (χ3n) is 18.3. The molecule has 10 rings (SSSR count). The second-order valence-corrected chi connectivity index (χ2v) is 24.3. The van der Waals surface area contributed by atoms with Crippen LogP contribution in [0.15, 0.2) is 170 Å². The molecule has 0 saturated heterocycles. The first-order valence-corrected chi connectivity index (χ1v) is 32.3. The third kappa shape index (κ3) is 12.9. The molecule has 1 aliphatic carbocycles. The standard InChI is InChI=1S/C79H94N2/c1-7-11-15-19-21-30-54-79(55-31-22-20-16-12-8-2)73-53-52-70-69-36-28-29-37-75(69)81(78(70)77(73)71-51-40-60(6)56-74(71)79)76-58-64(34-24-17-13-9-3)72(57-65(76)35-25-18-14-10-4)63-43-49-68(50-44-63)80(66-45-38-59(5)39-46-66)67-47-41-62(42-48-67)61-32-26-23-27-33-61/h23,26-29,32-33,36-53,56-58H,7-22,24-25,30-31,34-35,54-55H2,1-6H3. The van der Waals surface area contributed by atoms with Crippen LogP contribution in [0.2, 0.25) is 0 Å². The Morgan fingerprint density at radius 2 is 0.877 bits per heavy atom. The Kier molecular flexibility index (Phi) is 19.8. The van der Waals surface area contributed by atoms with Gasteiger partial charge in [0.2, 0.25) is 0 Å². The number of anilines is 3. The number of aromatic nitrogens is 1. The van der Waals surface area contributed by atoms with Gasteiger partial charge in [-0.15, -0.1) is 0 Å². The van der Waals surface area contributed by atoms with Gasteiger partial charge in [-0.1, -0.05) is 270 Å². The van der Waals surface area contributed by atoms with E-state index in [1.807, 2.05) is 0 Å². The van der Waals surface area contributed by atoms with Crippen molar-refractivity contribution in [3.05, 3.63) is 203 Å². The first-order chi connectivity index (χ1) is 39.9. The highest BCUT2D eigenvalue weighted by atomic mass is 15.1. The lowest BCUT2D eigenvalue weighted by Crippen LogP contribution is -2.25. The summed E-state index contributed by atoms with van der Waals surface area (Å²) in [6.45, 7) is 13.9. The number of para-hydroxylation sites is 1. The van der Waals surface area contributed by atoms with Crippen molar-refractivity contribution in [3.8, 4) is 39.1 Å². The maximum atomic E-state index is 2.79. The van der Waals surface area contributed by atoms with E-state index in [0.717, 1.165) is 29.9 Å². The van der Waals surface area contributed by atoms with E-state index >= 15 is 0 Å². The van der Waals surface area contributed by atoms with E-state index in [4.69, 9.17) is 0 Å². The average Bonchev–Trinajstić information content (AvgIpc) is 3.18. The zero-order chi connectivity index (χ0) is 56.0. The van der Waals surface area contributed by atoms with Gasteiger partial charge >= 0.3 is 0 Å². The van der Waals surface area contributed by atoms with E-state index in [0.29, 0.717) is 0 Å². The van der Waals surface area contributed by atoms with Crippen LogP contribution in [-0.4, -0.2) is 4.57 Å². The predicted molar refractivity (Wildman–Crippen MR) is 354 cm³/mol. The predicted octanol–water partition coefficient (Wildman–Crippen LogP) is 24.2. The van der Waals surface area contributed by atoms with Gasteiger partial charge in [0.1, 0.15) is 0 Å². The second kappa shape index (κ2) is 27.9. The number of unbranched alkanes of at least 4 members (excludes halogenated alkanes) is 16. The topological polar surface area (TPSA) is 8.17 Å². The monoisotopic (exact) mass is 1070 g/mol. The summed E-state index contributed by atoms with van der Waals surface area (Å²) in [6.07, 6.45) is 30.3. The molecule has 0 unspecified atom stereocenters. The maximum absolute atomic E-state index is 2.79. The number of fused-ring (bicyclic) bond motifs is 7. The lowest BCUT2D eigenvalue weighted by molar-refractivity contribution is 0.398. The fraction of sp³-hybridized carbons (Fsp3) is 0.392. The Labute approximate surface area is 489 Å². The van der Waals surface area contributed by atoms with Crippen LogP contribution in [0.25, 0.3) is 60.9 Å². The molecule has 0 atom stereocenters. The van der Waals surface area contributed by atoms with Gasteiger partial charge in [-0.05, 0) is 157 Å². The summed E-state index contributed by atoms with van der Waals surface area (Å²) in [5.74, 6) is 0. The van der Waals surface area contributed by atoms with Crippen LogP contribution >= 0.6 is 0 Å². The van der Waals surface area contributed by atoms with Gasteiger partial charge in [-0.25, -0.2) is 0 Å². The first-order valence-electron chi connectivity index (χ1n) is 32.3. The molecule has 9 aromatic rings. The minimum Gasteiger partial charge on any atom is -0.311 e. The summed E-state index contributed by atoms with van der Waals surface area (Å²) in [4.78, 5) is 2.42. The second-order valence-electron chi connectivity index (χ2n) is 24.3. The van der Waals surface area contributed by atoms with Gasteiger partial charge in [0, 0.05) is 44.5 Å². The Morgan fingerprint density at radius 3 is 1.49 bits per heavy atom. The summed E-state index contributed by atoms with van der Waals surface area (Å²) in [5, 5.41) is 2.75. The van der Waals surface area contributed by atoms with Crippen molar-refractivity contribution in [1.82, 2.24) is 4.57 Å². The highest BCUT2D eigenvalue weighted by Gasteiger charge is 2.44. The molecule has 1 heterocycles. The fourth-order valence-corrected chi connectivity index (χ4v) is 13.9. The summed E-state index contributed by atoms with van der Waals surface area (Å²) in [7, 11) is 0. The smallest absolute Gasteiger partial charge is 0.0622 e. The Morgan fingerprint density at radius 1 is 0.370 bits per heavy atom. The molecule has 0 amide bonds. The first kappa shape index (κ1) is 57.6. The largest absolute Gasteiger partial charge is 0.311 e. The number of nitrogens with zero attached hydrogens (tertiary/aromatic N) is 2. The van der Waals surface area contributed by atoms with Crippen molar-refractivity contribution in [3.63, 3.8) is 0 Å². The van der Waals surface area contributed by atoms with Crippen LogP contribution in [0.5, 0.6) is 0 Å². The van der Waals surface area contributed by atoms with Gasteiger partial charge in [0.25, 0.3) is 0 Å². The fourth-order valence-electron chi connectivity index (χ4n) is 13.9. The Balaban J connectivity index is 1.13. The van der Waals surface area contributed by atoms with Crippen molar-refractivity contribution >= 4 is 38.9 Å². The number of benzene rings is 8. The van der Waals surface area contributed by atoms with Crippen molar-refractivity contribution in [2.24, 2.45) is 0 Å². The van der Waals surface area contributed by atoms with Crippen molar-refractivity contribution in [2.45, 2.75) is 201 Å². The number of hydrogen-bond acceptors (Lipinski definition) is 1. The zero-order valence-electron chi connectivity index (χ0n) is 50.5. The van der Waals surface area contributed by atoms with Crippen LogP contribution in [-0.2, 0) is 18.3 Å². The summed E-state index contributed by atoms with van der Waals surface area (Å²) < 4.78 is 2.79. The quantitative estimate of drug-likeness (QED) is 0.0408. The molecule has 0 fully saturated rings. The normalized spacial score (nSPS) is 12.6. The molecular formula is C79H94N2. The summed E-state index contributed by atoms with van der Waals surface area (Å²) in [6, 6.07) is 65.9. The molecular weight excluding hydrogens is 977 g/mol. The van der Waals surface area contributed by atoms with Gasteiger partial charge in [-0.3, -0.25) is 0 Å². The SMILES string of the molecule is CCCCCCCCC1(CCCCCCCC)c2cc(C)ccc2-c2c1ccc1c3ccccc3n(-c3cc(CCCCCC)c(-c4ccc(N(c5ccc(C)cc5)c5ccc(-c6ccccc6)cc5)cc4)cc3CCCCCC)c21. The van der Waals surface area contributed by atoms with E-state index in [9.17, 15) is 0 Å². The summed E-state index contributed by atoms with van der Waals surface area (Å²) in [5.41, 5.74) is 24.5. The summed E-state index contributed by atoms with van der Waals surface area (Å²) >= 11 is 0. The van der Waals surface area contributed by atoms with E-state index in [-0.39, 0.29) is 5.41 Å². The van der Waals surface area contributed by atoms with Crippen molar-refractivity contribution in [1.29, 1.82) is 0 Å². The Hall–Kier alpha value is -6.64. The van der Waals surface area contributed by atoms with Crippen LogP contribution in [0.3, 0.4) is 0 Å². The van der Waals surface area contributed by atoms with Crippen molar-refractivity contribution < 1.29 is 0 Å². The van der Waals surface area contributed by atoms with Crippen LogP contribution in [0.4, 0.5) is 17.1 Å². The van der Waals surface area contributed by atoms with Gasteiger partial charge < -0.3 is 9.47 Å². The average molecular weight is 1070 g/mol. The highest BCUT2D eigenvalue weighted by molar-refractivity contribution is 6.16. The number of hydrogen-bond donors (Lipinski definition) is 0. The molecule has 1 aliphatic rings. The molecule has 8 aromatic carbocycles. The molecule has 2 nitrogen and oxygen atoms in total. The molecule has 0 aliphatic heterocycles. The van der Waals surface area contributed by atoms with Gasteiger partial charge in [-0.2, -0.15) is 0 Å². The molecule has 2 heteroatoms. The molecule has 0 N–H and O–H groups in total. The van der Waals surface area contributed by atoms with E-state index in [1.54, 1.807) is 11.1 Å². The molecule has 0 spiro atoms. The molecule has 0 bridgehead atoms. The third-order valence-corrected chi connectivity index (χ3v) is 18.3. The van der Waals surface area contributed by atoms with Gasteiger partial charge in [0.05, 0.1) is 11.0 Å². The molecule has 420 valence electrons. The molecule has 81 heavy (non-hydrogen) atoms. The highest BCUT2D eigenvalue weighted by Crippen LogP contribution is 2.58. The zero-order valence-corrected chi connectivity index (χ0v) is 50.5.